The number of aromatic hydroxyl groups is 2. The molecule has 7 heteroatoms. The highest BCUT2D eigenvalue weighted by Gasteiger charge is 2.42. The van der Waals surface area contributed by atoms with Crippen LogP contribution in [0.4, 0.5) is 4.39 Å². The van der Waals surface area contributed by atoms with Crippen molar-refractivity contribution >= 4 is 5.91 Å². The van der Waals surface area contributed by atoms with Gasteiger partial charge in [-0.1, -0.05) is 30.3 Å². The van der Waals surface area contributed by atoms with Crippen LogP contribution in [0.15, 0.2) is 60.7 Å². The number of phenolic OH excluding ortho intramolecular Hbond substituents is 2. The van der Waals surface area contributed by atoms with E-state index in [0.717, 1.165) is 11.1 Å². The van der Waals surface area contributed by atoms with Gasteiger partial charge in [0.1, 0.15) is 28.7 Å². The van der Waals surface area contributed by atoms with E-state index in [-0.39, 0.29) is 29.8 Å². The number of hydrogen-bond donors (Lipinski definition) is 3. The number of carbonyl (C=O) groups excluding carboxylic acids is 1. The molecule has 2 heterocycles. The second kappa shape index (κ2) is 7.78. The first-order chi connectivity index (χ1) is 15.8. The molecule has 33 heavy (non-hydrogen) atoms. The maximum absolute atomic E-state index is 13.5. The number of nitrogens with one attached hydrogen (secondary N) is 1. The number of carbonyl (C=O) groups is 1. The zero-order valence-electron chi connectivity index (χ0n) is 18.1. The van der Waals surface area contributed by atoms with Gasteiger partial charge in [-0.25, -0.2) is 4.39 Å². The molecule has 0 saturated heterocycles. The molecule has 0 bridgehead atoms. The van der Waals surface area contributed by atoms with E-state index < -0.39 is 6.04 Å². The second-order valence-corrected chi connectivity index (χ2v) is 8.40. The molecule has 5 rings (SSSR count). The monoisotopic (exact) mass is 443 g/mol. The summed E-state index contributed by atoms with van der Waals surface area (Å²) in [6.45, 7) is 3.99. The van der Waals surface area contributed by atoms with E-state index in [2.05, 4.69) is 10.2 Å². The molecular weight excluding hydrogens is 421 g/mol. The van der Waals surface area contributed by atoms with Crippen molar-refractivity contribution in [2.24, 2.45) is 0 Å². The lowest BCUT2D eigenvalue weighted by molar-refractivity contribution is 0.0730. The molecule has 1 unspecified atom stereocenters. The lowest BCUT2D eigenvalue weighted by atomic mass is 9.94. The Labute approximate surface area is 189 Å². The number of H-pyrrole nitrogens is 1. The number of fused-ring (bicyclic) bond motifs is 1. The molecule has 0 saturated carbocycles. The number of rotatable bonds is 4. The standard InChI is InChI=1S/C26H22FN3O3/c1-14-10-15(2)25(32)20(11-14)22-21-23(29-28-22)26(33)30(13-16-6-8-18(27)9-7-16)24(21)17-4-3-5-19(31)12-17/h3-12,24,31-32H,13H2,1-2H3,(H,28,29). The van der Waals surface area contributed by atoms with E-state index in [0.29, 0.717) is 33.6 Å². The van der Waals surface area contributed by atoms with Crippen LogP contribution in [0.25, 0.3) is 11.3 Å². The highest BCUT2D eigenvalue weighted by Crippen LogP contribution is 2.46. The maximum atomic E-state index is 13.5. The van der Waals surface area contributed by atoms with Crippen molar-refractivity contribution in [1.82, 2.24) is 15.1 Å². The van der Waals surface area contributed by atoms with Crippen LogP contribution in [0.5, 0.6) is 11.5 Å². The number of phenols is 2. The lowest BCUT2D eigenvalue weighted by Crippen LogP contribution is -2.29. The third-order valence-electron chi connectivity index (χ3n) is 6.02. The van der Waals surface area contributed by atoms with Crippen molar-refractivity contribution in [2.75, 3.05) is 0 Å². The fourth-order valence-corrected chi connectivity index (χ4v) is 4.53. The predicted molar refractivity (Wildman–Crippen MR) is 121 cm³/mol. The van der Waals surface area contributed by atoms with Crippen molar-refractivity contribution in [1.29, 1.82) is 0 Å². The van der Waals surface area contributed by atoms with Crippen molar-refractivity contribution < 1.29 is 19.4 Å². The number of nitrogens with zero attached hydrogens (tertiary/aromatic N) is 2. The summed E-state index contributed by atoms with van der Waals surface area (Å²) in [5, 5.41) is 28.2. The Hall–Kier alpha value is -4.13. The number of aromatic nitrogens is 2. The van der Waals surface area contributed by atoms with Crippen LogP contribution in [0.2, 0.25) is 0 Å². The van der Waals surface area contributed by atoms with Crippen molar-refractivity contribution in [3.8, 4) is 22.8 Å². The normalized spacial score (nSPS) is 15.2. The van der Waals surface area contributed by atoms with E-state index in [4.69, 9.17) is 0 Å². The first kappa shape index (κ1) is 20.8. The van der Waals surface area contributed by atoms with E-state index in [9.17, 15) is 19.4 Å². The molecule has 1 aliphatic rings. The number of aryl methyl sites for hydroxylation is 2. The quantitative estimate of drug-likeness (QED) is 0.415. The first-order valence-corrected chi connectivity index (χ1v) is 10.6. The van der Waals surface area contributed by atoms with Gasteiger partial charge < -0.3 is 15.1 Å². The van der Waals surface area contributed by atoms with Crippen molar-refractivity contribution in [3.05, 3.63) is 100.0 Å². The van der Waals surface area contributed by atoms with Gasteiger partial charge in [0.25, 0.3) is 5.91 Å². The van der Waals surface area contributed by atoms with Crippen LogP contribution in [-0.4, -0.2) is 31.2 Å². The molecule has 0 aliphatic carbocycles. The summed E-state index contributed by atoms with van der Waals surface area (Å²) in [5.74, 6) is -0.424. The van der Waals surface area contributed by atoms with Gasteiger partial charge in [0, 0.05) is 17.7 Å². The Morgan fingerprint density at radius 2 is 1.82 bits per heavy atom. The second-order valence-electron chi connectivity index (χ2n) is 8.40. The van der Waals surface area contributed by atoms with E-state index in [1.165, 1.54) is 12.1 Å². The van der Waals surface area contributed by atoms with Gasteiger partial charge in [-0.3, -0.25) is 9.89 Å². The van der Waals surface area contributed by atoms with Crippen LogP contribution in [0.1, 0.15) is 44.3 Å². The molecule has 0 spiro atoms. The largest absolute Gasteiger partial charge is 0.508 e. The Morgan fingerprint density at radius 3 is 2.55 bits per heavy atom. The molecule has 3 N–H and O–H groups in total. The Kier molecular flexibility index (Phi) is 4.89. The molecule has 3 aromatic carbocycles. The number of halogens is 1. The van der Waals surface area contributed by atoms with Gasteiger partial charge in [0.05, 0.1) is 6.04 Å². The zero-order chi connectivity index (χ0) is 23.3. The summed E-state index contributed by atoms with van der Waals surface area (Å²) < 4.78 is 13.4. The van der Waals surface area contributed by atoms with Crippen LogP contribution < -0.4 is 0 Å². The molecule has 4 aromatic rings. The number of aromatic amines is 1. The number of benzene rings is 3. The van der Waals surface area contributed by atoms with Gasteiger partial charge in [-0.15, -0.1) is 0 Å². The summed E-state index contributed by atoms with van der Waals surface area (Å²) in [6.07, 6.45) is 0. The van der Waals surface area contributed by atoms with E-state index >= 15 is 0 Å². The molecular formula is C26H22FN3O3. The molecule has 166 valence electrons. The van der Waals surface area contributed by atoms with Gasteiger partial charge in [-0.2, -0.15) is 5.10 Å². The average molecular weight is 443 g/mol. The predicted octanol–water partition coefficient (Wildman–Crippen LogP) is 4.99. The van der Waals surface area contributed by atoms with Crippen LogP contribution in [-0.2, 0) is 6.54 Å². The van der Waals surface area contributed by atoms with Gasteiger partial charge in [-0.05, 0) is 66.4 Å². The first-order valence-electron chi connectivity index (χ1n) is 10.6. The SMILES string of the molecule is Cc1cc(C)c(O)c(-c2n[nH]c3c2C(c2cccc(O)c2)N(Cc2ccc(F)cc2)C3=O)c1. The lowest BCUT2D eigenvalue weighted by Gasteiger charge is -2.26. The Bertz CT molecular complexity index is 1380. The van der Waals surface area contributed by atoms with Crippen LogP contribution >= 0.6 is 0 Å². The summed E-state index contributed by atoms with van der Waals surface area (Å²) in [7, 11) is 0. The summed E-state index contributed by atoms with van der Waals surface area (Å²) in [6, 6.07) is 15.9. The summed E-state index contributed by atoms with van der Waals surface area (Å²) in [5.41, 5.74) is 5.12. The Balaban J connectivity index is 1.69. The molecule has 1 aromatic heterocycles. The van der Waals surface area contributed by atoms with E-state index in [1.54, 1.807) is 35.2 Å². The third-order valence-corrected chi connectivity index (χ3v) is 6.02. The number of amides is 1. The zero-order valence-corrected chi connectivity index (χ0v) is 18.1. The highest BCUT2D eigenvalue weighted by atomic mass is 19.1. The average Bonchev–Trinajstić information content (AvgIpc) is 3.31. The minimum atomic E-state index is -0.557. The minimum Gasteiger partial charge on any atom is -0.508 e. The van der Waals surface area contributed by atoms with E-state index in [1.807, 2.05) is 32.0 Å². The van der Waals surface area contributed by atoms with Gasteiger partial charge >= 0.3 is 0 Å². The third kappa shape index (κ3) is 3.51. The molecule has 1 amide bonds. The summed E-state index contributed by atoms with van der Waals surface area (Å²) >= 11 is 0. The smallest absolute Gasteiger partial charge is 0.273 e. The van der Waals surface area contributed by atoms with Gasteiger partial charge in [0.15, 0.2) is 0 Å². The highest BCUT2D eigenvalue weighted by molar-refractivity contribution is 6.00. The minimum absolute atomic E-state index is 0.0782. The molecule has 1 aliphatic heterocycles. The van der Waals surface area contributed by atoms with Gasteiger partial charge in [0.2, 0.25) is 0 Å². The summed E-state index contributed by atoms with van der Waals surface area (Å²) in [4.78, 5) is 15.1. The molecule has 1 atom stereocenters. The Morgan fingerprint density at radius 1 is 1.06 bits per heavy atom. The fourth-order valence-electron chi connectivity index (χ4n) is 4.53. The van der Waals surface area contributed by atoms with Crippen LogP contribution in [0, 0.1) is 19.7 Å². The number of hydrogen-bond acceptors (Lipinski definition) is 4. The maximum Gasteiger partial charge on any atom is 0.273 e. The molecule has 0 radical (unpaired) electrons. The topological polar surface area (TPSA) is 89.4 Å². The molecule has 0 fully saturated rings. The molecule has 6 nitrogen and oxygen atoms in total. The van der Waals surface area contributed by atoms with Crippen molar-refractivity contribution in [2.45, 2.75) is 26.4 Å². The van der Waals surface area contributed by atoms with Crippen LogP contribution in [0.3, 0.4) is 0 Å². The van der Waals surface area contributed by atoms with Crippen molar-refractivity contribution in [3.63, 3.8) is 0 Å². The fraction of sp³-hybridized carbons (Fsp3) is 0.154.